The van der Waals surface area contributed by atoms with E-state index in [0.717, 1.165) is 0 Å². The minimum absolute atomic E-state index is 0.669. The zero-order valence-electron chi connectivity index (χ0n) is 3.95. The molecule has 0 rings (SSSR count). The van der Waals surface area contributed by atoms with Gasteiger partial charge in [-0.3, -0.25) is 0 Å². The largest absolute Gasteiger partial charge is 0.102 e. The maximum atomic E-state index is 3.62. The molecule has 1 unspecified atom stereocenters. The SMILES string of the molecule is C=CC(I)CC. The van der Waals surface area contributed by atoms with Crippen LogP contribution in [0.4, 0.5) is 0 Å². The fourth-order valence-electron chi connectivity index (χ4n) is 0.167. The molecular formula is C5H9I. The lowest BCUT2D eigenvalue weighted by Crippen LogP contribution is -1.83. The average Bonchev–Trinajstić information content (AvgIpc) is 1.65. The van der Waals surface area contributed by atoms with E-state index in [1.165, 1.54) is 6.42 Å². The van der Waals surface area contributed by atoms with Gasteiger partial charge in [-0.25, -0.2) is 0 Å². The molecule has 6 heavy (non-hydrogen) atoms. The molecule has 0 aliphatic rings. The second-order valence-corrected chi connectivity index (χ2v) is 2.76. The number of allylic oxidation sites excluding steroid dienone is 1. The van der Waals surface area contributed by atoms with Gasteiger partial charge < -0.3 is 0 Å². The van der Waals surface area contributed by atoms with E-state index in [9.17, 15) is 0 Å². The van der Waals surface area contributed by atoms with Gasteiger partial charge in [0.25, 0.3) is 0 Å². The van der Waals surface area contributed by atoms with Crippen molar-refractivity contribution in [1.82, 2.24) is 0 Å². The molecule has 1 atom stereocenters. The van der Waals surface area contributed by atoms with Crippen molar-refractivity contribution in [2.45, 2.75) is 17.3 Å². The van der Waals surface area contributed by atoms with E-state index in [2.05, 4.69) is 36.1 Å². The first-order valence-electron chi connectivity index (χ1n) is 2.08. The van der Waals surface area contributed by atoms with Crippen LogP contribution in [0.5, 0.6) is 0 Å². The fraction of sp³-hybridized carbons (Fsp3) is 0.600. The standard InChI is InChI=1S/C5H9I/c1-3-5(6)4-2/h3,5H,1,4H2,2H3. The summed E-state index contributed by atoms with van der Waals surface area (Å²) < 4.78 is 0.669. The molecule has 0 spiro atoms. The molecule has 1 heteroatoms. The highest BCUT2D eigenvalue weighted by molar-refractivity contribution is 14.1. The highest BCUT2D eigenvalue weighted by Crippen LogP contribution is 2.03. The summed E-state index contributed by atoms with van der Waals surface area (Å²) in [5, 5.41) is 0. The van der Waals surface area contributed by atoms with Crippen molar-refractivity contribution < 1.29 is 0 Å². The number of hydrogen-bond donors (Lipinski definition) is 0. The van der Waals surface area contributed by atoms with Gasteiger partial charge >= 0.3 is 0 Å². The highest BCUT2D eigenvalue weighted by atomic mass is 127. The number of alkyl halides is 1. The van der Waals surface area contributed by atoms with Crippen LogP contribution in [-0.2, 0) is 0 Å². The smallest absolute Gasteiger partial charge is 0.0284 e. The summed E-state index contributed by atoms with van der Waals surface area (Å²) in [6, 6.07) is 0. The first-order chi connectivity index (χ1) is 2.81. The Labute approximate surface area is 52.8 Å². The lowest BCUT2D eigenvalue weighted by Gasteiger charge is -1.91. The highest BCUT2D eigenvalue weighted by Gasteiger charge is 1.86. The first-order valence-corrected chi connectivity index (χ1v) is 3.32. The Hall–Kier alpha value is 0.470. The second kappa shape index (κ2) is 3.65. The molecule has 0 bridgehead atoms. The Kier molecular flexibility index (Phi) is 3.94. The molecule has 0 heterocycles. The normalized spacial score (nSPS) is 13.7. The van der Waals surface area contributed by atoms with E-state index in [1.54, 1.807) is 0 Å². The maximum Gasteiger partial charge on any atom is 0.0284 e. The van der Waals surface area contributed by atoms with E-state index < -0.39 is 0 Å². The summed E-state index contributed by atoms with van der Waals surface area (Å²) in [6.07, 6.45) is 3.16. The quantitative estimate of drug-likeness (QED) is 0.361. The number of rotatable bonds is 2. The van der Waals surface area contributed by atoms with Gasteiger partial charge in [0.15, 0.2) is 0 Å². The van der Waals surface area contributed by atoms with Crippen molar-refractivity contribution in [2.75, 3.05) is 0 Å². The van der Waals surface area contributed by atoms with Crippen molar-refractivity contribution in [2.24, 2.45) is 0 Å². The Bertz CT molecular complexity index is 41.2. The zero-order chi connectivity index (χ0) is 4.99. The van der Waals surface area contributed by atoms with Crippen LogP contribution in [0.15, 0.2) is 12.7 Å². The third kappa shape index (κ3) is 2.69. The third-order valence-electron chi connectivity index (χ3n) is 0.646. The minimum Gasteiger partial charge on any atom is -0.102 e. The minimum atomic E-state index is 0.669. The molecule has 0 aromatic carbocycles. The van der Waals surface area contributed by atoms with Crippen LogP contribution >= 0.6 is 22.6 Å². The van der Waals surface area contributed by atoms with Gasteiger partial charge in [-0.1, -0.05) is 35.6 Å². The molecule has 0 aromatic rings. The molecule has 0 aromatic heterocycles. The molecule has 0 N–H and O–H groups in total. The maximum absolute atomic E-state index is 3.62. The van der Waals surface area contributed by atoms with E-state index in [1.807, 2.05) is 6.08 Å². The molecular weight excluding hydrogens is 187 g/mol. The molecule has 0 aliphatic carbocycles. The monoisotopic (exact) mass is 196 g/mol. The fourth-order valence-corrected chi connectivity index (χ4v) is 0.167. The molecule has 0 amide bonds. The van der Waals surface area contributed by atoms with E-state index in [0.29, 0.717) is 3.92 Å². The van der Waals surface area contributed by atoms with E-state index in [4.69, 9.17) is 0 Å². The Balaban J connectivity index is 2.96. The van der Waals surface area contributed by atoms with Crippen molar-refractivity contribution in [3.05, 3.63) is 12.7 Å². The van der Waals surface area contributed by atoms with Gasteiger partial charge in [0.1, 0.15) is 0 Å². The van der Waals surface area contributed by atoms with Crippen LogP contribution < -0.4 is 0 Å². The summed E-state index contributed by atoms with van der Waals surface area (Å²) in [5.41, 5.74) is 0. The van der Waals surface area contributed by atoms with Crippen LogP contribution in [0.25, 0.3) is 0 Å². The molecule has 0 nitrogen and oxygen atoms in total. The van der Waals surface area contributed by atoms with Crippen LogP contribution in [0.3, 0.4) is 0 Å². The number of halogens is 1. The predicted octanol–water partition coefficient (Wildman–Crippen LogP) is 2.39. The van der Waals surface area contributed by atoms with Crippen LogP contribution in [0.2, 0.25) is 0 Å². The van der Waals surface area contributed by atoms with Crippen molar-refractivity contribution >= 4 is 22.6 Å². The van der Waals surface area contributed by atoms with Gasteiger partial charge in [0.05, 0.1) is 0 Å². The first kappa shape index (κ1) is 6.47. The molecule has 0 saturated heterocycles. The van der Waals surface area contributed by atoms with Crippen LogP contribution in [-0.4, -0.2) is 3.92 Å². The lowest BCUT2D eigenvalue weighted by molar-refractivity contribution is 1.01. The summed E-state index contributed by atoms with van der Waals surface area (Å²) in [6.45, 7) is 5.78. The Morgan fingerprint density at radius 1 is 2.00 bits per heavy atom. The molecule has 36 valence electrons. The Morgan fingerprint density at radius 3 is 2.50 bits per heavy atom. The summed E-state index contributed by atoms with van der Waals surface area (Å²) >= 11 is 2.35. The van der Waals surface area contributed by atoms with Gasteiger partial charge in [-0.2, -0.15) is 0 Å². The molecule has 0 radical (unpaired) electrons. The van der Waals surface area contributed by atoms with E-state index in [-0.39, 0.29) is 0 Å². The van der Waals surface area contributed by atoms with E-state index >= 15 is 0 Å². The zero-order valence-corrected chi connectivity index (χ0v) is 6.10. The van der Waals surface area contributed by atoms with Gasteiger partial charge in [0, 0.05) is 3.92 Å². The van der Waals surface area contributed by atoms with Crippen molar-refractivity contribution in [3.8, 4) is 0 Å². The summed E-state index contributed by atoms with van der Waals surface area (Å²) in [7, 11) is 0. The Morgan fingerprint density at radius 2 is 2.50 bits per heavy atom. The topological polar surface area (TPSA) is 0 Å². The number of hydrogen-bond acceptors (Lipinski definition) is 0. The molecule has 0 fully saturated rings. The van der Waals surface area contributed by atoms with Gasteiger partial charge in [0.2, 0.25) is 0 Å². The van der Waals surface area contributed by atoms with Crippen LogP contribution in [0, 0.1) is 0 Å². The van der Waals surface area contributed by atoms with Crippen molar-refractivity contribution in [1.29, 1.82) is 0 Å². The average molecular weight is 196 g/mol. The molecule has 0 saturated carbocycles. The van der Waals surface area contributed by atoms with Crippen molar-refractivity contribution in [3.63, 3.8) is 0 Å². The van der Waals surface area contributed by atoms with Gasteiger partial charge in [-0.15, -0.1) is 6.58 Å². The molecule has 0 aliphatic heterocycles. The predicted molar refractivity (Wildman–Crippen MR) is 38.3 cm³/mol. The summed E-state index contributed by atoms with van der Waals surface area (Å²) in [4.78, 5) is 0. The summed E-state index contributed by atoms with van der Waals surface area (Å²) in [5.74, 6) is 0. The van der Waals surface area contributed by atoms with Gasteiger partial charge in [-0.05, 0) is 6.42 Å². The second-order valence-electron chi connectivity index (χ2n) is 1.16. The third-order valence-corrected chi connectivity index (χ3v) is 2.04. The van der Waals surface area contributed by atoms with Crippen LogP contribution in [0.1, 0.15) is 13.3 Å². The lowest BCUT2D eigenvalue weighted by atomic mass is 10.3.